The monoisotopic (exact) mass is 341 g/mol. The van der Waals surface area contributed by atoms with Crippen molar-refractivity contribution < 1.29 is 4.79 Å². The number of nitrogens with one attached hydrogen (secondary N) is 1. The largest absolute Gasteiger partial charge is 0.353 e. The molecule has 1 aliphatic carbocycles. The van der Waals surface area contributed by atoms with E-state index in [0.29, 0.717) is 12.5 Å². The van der Waals surface area contributed by atoms with Gasteiger partial charge in [0.05, 0.1) is 6.42 Å². The van der Waals surface area contributed by atoms with Crippen LogP contribution in [-0.2, 0) is 11.2 Å². The zero-order chi connectivity index (χ0) is 16.4. The lowest BCUT2D eigenvalue weighted by Gasteiger charge is -2.22. The van der Waals surface area contributed by atoms with Crippen molar-refractivity contribution in [2.24, 2.45) is 0 Å². The first-order valence-corrected chi connectivity index (χ1v) is 9.15. The van der Waals surface area contributed by atoms with E-state index in [2.05, 4.69) is 20.6 Å². The maximum absolute atomic E-state index is 12.2. The Balaban J connectivity index is 1.39. The van der Waals surface area contributed by atoms with Gasteiger partial charge in [0.15, 0.2) is 0 Å². The predicted octanol–water partition coefficient (Wildman–Crippen LogP) is 2.84. The molecule has 7 heteroatoms. The van der Waals surface area contributed by atoms with Gasteiger partial charge in [-0.15, -0.1) is 10.2 Å². The number of fused-ring (bicyclic) bond motifs is 1. The van der Waals surface area contributed by atoms with Crippen molar-refractivity contribution >= 4 is 22.2 Å². The van der Waals surface area contributed by atoms with Crippen LogP contribution in [0.5, 0.6) is 0 Å². The number of carbonyl (C=O) groups is 1. The number of aromatic nitrogens is 4. The zero-order valence-corrected chi connectivity index (χ0v) is 14.1. The SMILES string of the molecule is O=C(Cc1ccc(-c2nn3cnnc3s2)cc1)NC1CCCCC1. The fourth-order valence-electron chi connectivity index (χ4n) is 3.15. The third-order valence-corrected chi connectivity index (χ3v) is 5.38. The molecule has 0 unspecified atom stereocenters. The topological polar surface area (TPSA) is 72.2 Å². The third kappa shape index (κ3) is 3.31. The maximum atomic E-state index is 12.2. The van der Waals surface area contributed by atoms with E-state index in [9.17, 15) is 4.79 Å². The van der Waals surface area contributed by atoms with Gasteiger partial charge in [-0.1, -0.05) is 54.9 Å². The van der Waals surface area contributed by atoms with Gasteiger partial charge in [-0.3, -0.25) is 4.79 Å². The molecule has 3 aromatic rings. The van der Waals surface area contributed by atoms with E-state index in [4.69, 9.17) is 0 Å². The second-order valence-electron chi connectivity index (χ2n) is 6.24. The molecule has 1 amide bonds. The van der Waals surface area contributed by atoms with E-state index < -0.39 is 0 Å². The van der Waals surface area contributed by atoms with Crippen LogP contribution in [-0.4, -0.2) is 31.8 Å². The van der Waals surface area contributed by atoms with E-state index in [1.807, 2.05) is 24.3 Å². The minimum atomic E-state index is 0.119. The Hall–Kier alpha value is -2.28. The molecule has 1 fully saturated rings. The van der Waals surface area contributed by atoms with Crippen LogP contribution < -0.4 is 5.32 Å². The van der Waals surface area contributed by atoms with Gasteiger partial charge in [-0.25, -0.2) is 0 Å². The minimum absolute atomic E-state index is 0.119. The first-order chi connectivity index (χ1) is 11.8. The maximum Gasteiger partial charge on any atom is 0.234 e. The lowest BCUT2D eigenvalue weighted by molar-refractivity contribution is -0.121. The minimum Gasteiger partial charge on any atom is -0.353 e. The average Bonchev–Trinajstić information content (AvgIpc) is 3.18. The van der Waals surface area contributed by atoms with Gasteiger partial charge in [-0.2, -0.15) is 9.61 Å². The van der Waals surface area contributed by atoms with Crippen molar-refractivity contribution in [2.75, 3.05) is 0 Å². The summed E-state index contributed by atoms with van der Waals surface area (Å²) in [7, 11) is 0. The van der Waals surface area contributed by atoms with Crippen molar-refractivity contribution in [1.29, 1.82) is 0 Å². The molecule has 0 radical (unpaired) electrons. The molecule has 124 valence electrons. The predicted molar refractivity (Wildman–Crippen MR) is 92.8 cm³/mol. The Bertz CT molecular complexity index is 804. The van der Waals surface area contributed by atoms with Gasteiger partial charge in [0.25, 0.3) is 0 Å². The van der Waals surface area contributed by atoms with E-state index in [0.717, 1.165) is 33.9 Å². The smallest absolute Gasteiger partial charge is 0.234 e. The normalized spacial score (nSPS) is 15.7. The van der Waals surface area contributed by atoms with Crippen LogP contribution in [0, 0.1) is 0 Å². The van der Waals surface area contributed by atoms with Crippen molar-refractivity contribution in [2.45, 2.75) is 44.6 Å². The fourth-order valence-corrected chi connectivity index (χ4v) is 3.98. The summed E-state index contributed by atoms with van der Waals surface area (Å²) in [5.41, 5.74) is 2.05. The number of rotatable bonds is 4. The van der Waals surface area contributed by atoms with E-state index >= 15 is 0 Å². The zero-order valence-electron chi connectivity index (χ0n) is 13.3. The number of nitrogens with zero attached hydrogens (tertiary/aromatic N) is 4. The summed E-state index contributed by atoms with van der Waals surface area (Å²) in [6, 6.07) is 8.38. The molecular formula is C17H19N5OS. The number of hydrogen-bond acceptors (Lipinski definition) is 5. The molecule has 0 aliphatic heterocycles. The summed E-state index contributed by atoms with van der Waals surface area (Å²) in [6.45, 7) is 0. The molecule has 1 aliphatic rings. The van der Waals surface area contributed by atoms with Gasteiger partial charge in [-0.05, 0) is 18.4 Å². The average molecular weight is 341 g/mol. The molecule has 4 rings (SSSR count). The van der Waals surface area contributed by atoms with Crippen molar-refractivity contribution in [3.8, 4) is 10.6 Å². The molecule has 6 nitrogen and oxygen atoms in total. The van der Waals surface area contributed by atoms with Crippen molar-refractivity contribution in [1.82, 2.24) is 25.1 Å². The highest BCUT2D eigenvalue weighted by atomic mass is 32.1. The van der Waals surface area contributed by atoms with Crippen molar-refractivity contribution in [3.05, 3.63) is 36.2 Å². The van der Waals surface area contributed by atoms with Crippen molar-refractivity contribution in [3.63, 3.8) is 0 Å². The van der Waals surface area contributed by atoms with Crippen LogP contribution in [0.3, 0.4) is 0 Å². The Kier molecular flexibility index (Phi) is 4.25. The first-order valence-electron chi connectivity index (χ1n) is 8.33. The van der Waals surface area contributed by atoms with Crippen LogP contribution in [0.25, 0.3) is 15.5 Å². The molecular weight excluding hydrogens is 322 g/mol. The lowest BCUT2D eigenvalue weighted by Crippen LogP contribution is -2.37. The molecule has 1 aromatic carbocycles. The Labute approximate surface area is 143 Å². The van der Waals surface area contributed by atoms with Crippen LogP contribution in [0.4, 0.5) is 0 Å². The lowest BCUT2D eigenvalue weighted by atomic mass is 9.95. The fraction of sp³-hybridized carbons (Fsp3) is 0.412. The number of carbonyl (C=O) groups excluding carboxylic acids is 1. The summed E-state index contributed by atoms with van der Waals surface area (Å²) in [4.78, 5) is 13.0. The standard InChI is InChI=1S/C17H19N5OS/c23-15(19-14-4-2-1-3-5-14)10-12-6-8-13(9-7-12)16-21-22-11-18-20-17(22)24-16/h6-9,11,14H,1-5,10H2,(H,19,23). The van der Waals surface area contributed by atoms with E-state index in [-0.39, 0.29) is 5.91 Å². The molecule has 0 saturated heterocycles. The quantitative estimate of drug-likeness (QED) is 0.792. The molecule has 0 bridgehead atoms. The number of amides is 1. The molecule has 2 aromatic heterocycles. The first kappa shape index (κ1) is 15.3. The van der Waals surface area contributed by atoms with Crippen LogP contribution in [0.2, 0.25) is 0 Å². The summed E-state index contributed by atoms with van der Waals surface area (Å²) in [5.74, 6) is 0.119. The van der Waals surface area contributed by atoms with E-state index in [1.54, 1.807) is 10.8 Å². The summed E-state index contributed by atoms with van der Waals surface area (Å²) in [5, 5.41) is 16.3. The van der Waals surface area contributed by atoms with Gasteiger partial charge in [0.2, 0.25) is 10.9 Å². The van der Waals surface area contributed by atoms with Gasteiger partial charge in [0, 0.05) is 11.6 Å². The van der Waals surface area contributed by atoms with Crippen LogP contribution in [0.1, 0.15) is 37.7 Å². The summed E-state index contributed by atoms with van der Waals surface area (Å²) < 4.78 is 1.67. The van der Waals surface area contributed by atoms with E-state index in [1.165, 1.54) is 30.6 Å². The highest BCUT2D eigenvalue weighted by Crippen LogP contribution is 2.25. The van der Waals surface area contributed by atoms with Crippen LogP contribution in [0.15, 0.2) is 30.6 Å². The highest BCUT2D eigenvalue weighted by molar-refractivity contribution is 7.19. The molecule has 0 spiro atoms. The van der Waals surface area contributed by atoms with Gasteiger partial charge < -0.3 is 5.32 Å². The molecule has 1 saturated carbocycles. The number of benzene rings is 1. The molecule has 1 N–H and O–H groups in total. The summed E-state index contributed by atoms with van der Waals surface area (Å²) in [6.07, 6.45) is 8.02. The third-order valence-electron chi connectivity index (χ3n) is 4.42. The Morgan fingerprint density at radius 3 is 2.75 bits per heavy atom. The number of hydrogen-bond donors (Lipinski definition) is 1. The second kappa shape index (κ2) is 6.68. The molecule has 24 heavy (non-hydrogen) atoms. The van der Waals surface area contributed by atoms with Gasteiger partial charge in [0.1, 0.15) is 11.3 Å². The molecule has 2 heterocycles. The Morgan fingerprint density at radius 1 is 1.21 bits per heavy atom. The Morgan fingerprint density at radius 2 is 2.00 bits per heavy atom. The molecule has 0 atom stereocenters. The summed E-state index contributed by atoms with van der Waals surface area (Å²) >= 11 is 1.50. The second-order valence-corrected chi connectivity index (χ2v) is 7.20. The van der Waals surface area contributed by atoms with Gasteiger partial charge >= 0.3 is 0 Å². The highest BCUT2D eigenvalue weighted by Gasteiger charge is 2.16. The van der Waals surface area contributed by atoms with Crippen LogP contribution >= 0.6 is 11.3 Å².